The summed E-state index contributed by atoms with van der Waals surface area (Å²) in [5, 5.41) is 2.58. The van der Waals surface area contributed by atoms with Crippen molar-refractivity contribution in [3.8, 4) is 11.5 Å². The number of nitrogen functional groups attached to an aromatic ring is 1. The molecule has 0 spiro atoms. The molecule has 0 aliphatic carbocycles. The summed E-state index contributed by atoms with van der Waals surface area (Å²) in [5.41, 5.74) is 5.24. The van der Waals surface area contributed by atoms with Crippen LogP contribution in [0.5, 0.6) is 0 Å². The Kier molecular flexibility index (Phi) is 4.41. The van der Waals surface area contributed by atoms with Gasteiger partial charge in [0.15, 0.2) is 5.82 Å². The molecular formula is C16H12F4N6. The number of nitrogens with two attached hydrogens (primary N) is 1. The lowest BCUT2D eigenvalue weighted by Crippen LogP contribution is -2.11. The van der Waals surface area contributed by atoms with Crippen molar-refractivity contribution in [3.05, 3.63) is 53.7 Å². The van der Waals surface area contributed by atoms with Crippen LogP contribution in [-0.4, -0.2) is 19.9 Å². The van der Waals surface area contributed by atoms with E-state index < -0.39 is 23.3 Å². The highest BCUT2D eigenvalue weighted by molar-refractivity contribution is 5.58. The maximum absolute atomic E-state index is 13.4. The van der Waals surface area contributed by atoms with Gasteiger partial charge in [-0.25, -0.2) is 13.8 Å². The predicted molar refractivity (Wildman–Crippen MR) is 86.7 cm³/mol. The van der Waals surface area contributed by atoms with Crippen LogP contribution in [0.2, 0.25) is 0 Å². The molecule has 2 aromatic heterocycles. The van der Waals surface area contributed by atoms with E-state index in [1.165, 1.54) is 18.2 Å². The molecule has 0 saturated heterocycles. The van der Waals surface area contributed by atoms with Crippen molar-refractivity contribution in [2.24, 2.45) is 0 Å². The Morgan fingerprint density at radius 2 is 1.65 bits per heavy atom. The van der Waals surface area contributed by atoms with Crippen LogP contribution in [0.3, 0.4) is 0 Å². The Balaban J connectivity index is 1.98. The Morgan fingerprint density at radius 1 is 0.962 bits per heavy atom. The highest BCUT2D eigenvalue weighted by Gasteiger charge is 2.26. The molecule has 3 N–H and O–H groups in total. The molecule has 1 aromatic carbocycles. The van der Waals surface area contributed by atoms with Gasteiger partial charge in [-0.3, -0.25) is 0 Å². The Bertz CT molecular complexity index is 937. The normalized spacial score (nSPS) is 11.4. The van der Waals surface area contributed by atoms with Crippen molar-refractivity contribution in [1.29, 1.82) is 0 Å². The van der Waals surface area contributed by atoms with Crippen LogP contribution in [-0.2, 0) is 5.92 Å². The summed E-state index contributed by atoms with van der Waals surface area (Å²) in [4.78, 5) is 15.5. The lowest BCUT2D eigenvalue weighted by molar-refractivity contribution is 0.0129. The topological polar surface area (TPSA) is 89.6 Å². The van der Waals surface area contributed by atoms with Gasteiger partial charge in [-0.2, -0.15) is 23.7 Å². The quantitative estimate of drug-likeness (QED) is 0.687. The van der Waals surface area contributed by atoms with Gasteiger partial charge >= 0.3 is 0 Å². The number of hydrogen-bond acceptors (Lipinski definition) is 6. The zero-order chi connectivity index (χ0) is 18.9. The van der Waals surface area contributed by atoms with Gasteiger partial charge in [0, 0.05) is 18.7 Å². The van der Waals surface area contributed by atoms with E-state index in [1.807, 2.05) is 0 Å². The number of nitrogens with one attached hydrogen (secondary N) is 1. The van der Waals surface area contributed by atoms with Crippen molar-refractivity contribution in [2.75, 3.05) is 11.1 Å². The number of rotatable bonds is 4. The largest absolute Gasteiger partial charge is 0.368 e. The van der Waals surface area contributed by atoms with E-state index >= 15 is 0 Å². The zero-order valence-corrected chi connectivity index (χ0v) is 13.3. The number of hydrogen-bond donors (Lipinski definition) is 2. The van der Waals surface area contributed by atoms with Gasteiger partial charge in [-0.05, 0) is 24.3 Å². The second-order valence-corrected chi connectivity index (χ2v) is 5.42. The zero-order valence-electron chi connectivity index (χ0n) is 13.3. The SMILES string of the molecule is CC(F)(F)c1cccc(-c2nc(N)nc(Nc3cc(F)cc(F)c3)n2)n1. The first-order valence-electron chi connectivity index (χ1n) is 7.31. The van der Waals surface area contributed by atoms with Crippen LogP contribution in [0.25, 0.3) is 11.5 Å². The Morgan fingerprint density at radius 3 is 2.31 bits per heavy atom. The van der Waals surface area contributed by atoms with E-state index in [1.54, 1.807) is 0 Å². The first-order chi connectivity index (χ1) is 12.2. The number of benzene rings is 1. The van der Waals surface area contributed by atoms with E-state index in [0.29, 0.717) is 13.0 Å². The third kappa shape index (κ3) is 4.02. The average Bonchev–Trinajstić information content (AvgIpc) is 2.52. The van der Waals surface area contributed by atoms with Crippen molar-refractivity contribution in [1.82, 2.24) is 19.9 Å². The molecule has 0 fully saturated rings. The fourth-order valence-electron chi connectivity index (χ4n) is 2.12. The van der Waals surface area contributed by atoms with Gasteiger partial charge in [-0.1, -0.05) is 6.07 Å². The summed E-state index contributed by atoms with van der Waals surface area (Å²) in [6.07, 6.45) is 0. The van der Waals surface area contributed by atoms with Crippen molar-refractivity contribution in [2.45, 2.75) is 12.8 Å². The summed E-state index contributed by atoms with van der Waals surface area (Å²) in [7, 11) is 0. The second kappa shape index (κ2) is 6.54. The number of anilines is 3. The van der Waals surface area contributed by atoms with Gasteiger partial charge in [0.05, 0.1) is 0 Å². The van der Waals surface area contributed by atoms with E-state index in [9.17, 15) is 17.6 Å². The molecular weight excluding hydrogens is 352 g/mol. The third-order valence-corrected chi connectivity index (χ3v) is 3.20. The molecule has 0 saturated carbocycles. The summed E-state index contributed by atoms with van der Waals surface area (Å²) >= 11 is 0. The first kappa shape index (κ1) is 17.5. The van der Waals surface area contributed by atoms with Crippen LogP contribution in [0, 0.1) is 11.6 Å². The van der Waals surface area contributed by atoms with Gasteiger partial charge in [-0.15, -0.1) is 0 Å². The summed E-state index contributed by atoms with van der Waals surface area (Å²) < 4.78 is 53.4. The molecule has 134 valence electrons. The van der Waals surface area contributed by atoms with Crippen LogP contribution < -0.4 is 11.1 Å². The summed E-state index contributed by atoms with van der Waals surface area (Å²) in [6, 6.07) is 6.74. The van der Waals surface area contributed by atoms with Gasteiger partial charge in [0.1, 0.15) is 23.0 Å². The predicted octanol–water partition coefficient (Wildman–Crippen LogP) is 3.65. The maximum atomic E-state index is 13.4. The standard InChI is InChI=1S/C16H12F4N6/c1-16(19,20)12-4-2-3-11(23-12)13-24-14(21)26-15(25-13)22-10-6-8(17)5-9(18)7-10/h2-7H,1H3,(H3,21,22,24,25,26). The highest BCUT2D eigenvalue weighted by Crippen LogP contribution is 2.27. The van der Waals surface area contributed by atoms with E-state index in [2.05, 4.69) is 25.3 Å². The molecule has 10 heteroatoms. The van der Waals surface area contributed by atoms with Gasteiger partial charge in [0.2, 0.25) is 11.9 Å². The number of nitrogens with zero attached hydrogens (tertiary/aromatic N) is 4. The molecule has 2 heterocycles. The fourth-order valence-corrected chi connectivity index (χ4v) is 2.12. The molecule has 0 atom stereocenters. The highest BCUT2D eigenvalue weighted by atomic mass is 19.3. The van der Waals surface area contributed by atoms with Crippen molar-refractivity contribution >= 4 is 17.6 Å². The van der Waals surface area contributed by atoms with Crippen LogP contribution in [0.1, 0.15) is 12.6 Å². The van der Waals surface area contributed by atoms with E-state index in [-0.39, 0.29) is 29.1 Å². The maximum Gasteiger partial charge on any atom is 0.286 e. The van der Waals surface area contributed by atoms with Gasteiger partial charge < -0.3 is 11.1 Å². The van der Waals surface area contributed by atoms with Crippen LogP contribution in [0.15, 0.2) is 36.4 Å². The summed E-state index contributed by atoms with van der Waals surface area (Å²) in [6.45, 7) is 0.715. The second-order valence-electron chi connectivity index (χ2n) is 5.42. The number of halogens is 4. The van der Waals surface area contributed by atoms with Crippen LogP contribution >= 0.6 is 0 Å². The smallest absolute Gasteiger partial charge is 0.286 e. The number of pyridine rings is 1. The molecule has 3 rings (SSSR count). The van der Waals surface area contributed by atoms with Gasteiger partial charge in [0.25, 0.3) is 5.92 Å². The third-order valence-electron chi connectivity index (χ3n) is 3.20. The van der Waals surface area contributed by atoms with Crippen LogP contribution in [0.4, 0.5) is 35.1 Å². The monoisotopic (exact) mass is 364 g/mol. The van der Waals surface area contributed by atoms with Crippen molar-refractivity contribution < 1.29 is 17.6 Å². The number of aromatic nitrogens is 4. The lowest BCUT2D eigenvalue weighted by atomic mass is 10.2. The first-order valence-corrected chi connectivity index (χ1v) is 7.31. The molecule has 6 nitrogen and oxygen atoms in total. The molecule has 0 aliphatic heterocycles. The molecule has 0 amide bonds. The molecule has 0 bridgehead atoms. The average molecular weight is 364 g/mol. The minimum Gasteiger partial charge on any atom is -0.368 e. The molecule has 0 radical (unpaired) electrons. The minimum atomic E-state index is -3.14. The minimum absolute atomic E-state index is 0.0425. The fraction of sp³-hybridized carbons (Fsp3) is 0.125. The molecule has 0 unspecified atom stereocenters. The number of alkyl halides is 2. The van der Waals surface area contributed by atoms with E-state index in [4.69, 9.17) is 5.73 Å². The lowest BCUT2D eigenvalue weighted by Gasteiger charge is -2.11. The molecule has 0 aliphatic rings. The van der Waals surface area contributed by atoms with E-state index in [0.717, 1.165) is 12.1 Å². The Labute approximate surface area is 145 Å². The molecule has 3 aromatic rings. The summed E-state index contributed by atoms with van der Waals surface area (Å²) in [5.74, 6) is -5.14. The van der Waals surface area contributed by atoms with Crippen molar-refractivity contribution in [3.63, 3.8) is 0 Å². The molecule has 26 heavy (non-hydrogen) atoms. The Hall–Kier alpha value is -3.30.